The number of fused-ring (bicyclic) bond motifs is 1. The van der Waals surface area contributed by atoms with Gasteiger partial charge in [-0.25, -0.2) is 5.43 Å². The molecule has 146 valence electrons. The summed E-state index contributed by atoms with van der Waals surface area (Å²) in [7, 11) is 0. The lowest BCUT2D eigenvalue weighted by Crippen LogP contribution is -2.48. The Morgan fingerprint density at radius 2 is 1.82 bits per heavy atom. The minimum Gasteiger partial charge on any atom is -0.454 e. The average molecular weight is 446 g/mol. The fraction of sp³-hybridized carbons (Fsp3) is 0.250. The first-order valence-corrected chi connectivity index (χ1v) is 9.52. The molecule has 0 saturated carbocycles. The number of benzene rings is 2. The normalized spacial score (nSPS) is 13.6. The molecule has 0 aliphatic carbocycles. The Labute approximate surface area is 171 Å². The topological polar surface area (TPSA) is 89.0 Å². The number of carbonyl (C=O) groups is 2. The van der Waals surface area contributed by atoms with Crippen LogP contribution in [-0.2, 0) is 4.79 Å². The molecule has 0 radical (unpaired) electrons. The van der Waals surface area contributed by atoms with Crippen molar-refractivity contribution in [2.24, 2.45) is 11.0 Å². The number of hydrogen-bond donors (Lipinski definition) is 2. The summed E-state index contributed by atoms with van der Waals surface area (Å²) >= 11 is 3.36. The standard InChI is InChI=1S/C20H20BrN3O4/c1-12(2)18(20(26)24-22-10-13-3-6-15(21)7-4-13)23-19(25)14-5-8-16-17(9-14)28-11-27-16/h3-10,12,18H,11H2,1-2H3,(H,23,25)(H,24,26)/b22-10-. The van der Waals surface area contributed by atoms with Gasteiger partial charge in [0.05, 0.1) is 6.21 Å². The van der Waals surface area contributed by atoms with E-state index in [2.05, 4.69) is 31.8 Å². The second kappa shape index (κ2) is 8.88. The van der Waals surface area contributed by atoms with Gasteiger partial charge < -0.3 is 14.8 Å². The largest absolute Gasteiger partial charge is 0.454 e. The van der Waals surface area contributed by atoms with E-state index >= 15 is 0 Å². The molecule has 7 nitrogen and oxygen atoms in total. The summed E-state index contributed by atoms with van der Waals surface area (Å²) in [4.78, 5) is 25.1. The summed E-state index contributed by atoms with van der Waals surface area (Å²) in [6.45, 7) is 3.83. The smallest absolute Gasteiger partial charge is 0.262 e. The number of halogens is 1. The number of rotatable bonds is 6. The predicted molar refractivity (Wildman–Crippen MR) is 109 cm³/mol. The minimum absolute atomic E-state index is 0.124. The second-order valence-corrected chi connectivity index (χ2v) is 7.46. The number of nitrogens with zero attached hydrogens (tertiary/aromatic N) is 1. The number of hydrazone groups is 1. The molecule has 2 aromatic rings. The van der Waals surface area contributed by atoms with Crippen molar-refractivity contribution in [2.75, 3.05) is 6.79 Å². The van der Waals surface area contributed by atoms with E-state index in [1.807, 2.05) is 38.1 Å². The van der Waals surface area contributed by atoms with Crippen LogP contribution in [0.2, 0.25) is 0 Å². The Morgan fingerprint density at radius 1 is 1.11 bits per heavy atom. The van der Waals surface area contributed by atoms with Gasteiger partial charge >= 0.3 is 0 Å². The first-order valence-electron chi connectivity index (χ1n) is 8.73. The molecule has 2 amide bonds. The molecule has 0 bridgehead atoms. The highest BCUT2D eigenvalue weighted by Crippen LogP contribution is 2.32. The van der Waals surface area contributed by atoms with Gasteiger partial charge in [-0.15, -0.1) is 0 Å². The quantitative estimate of drug-likeness (QED) is 0.528. The van der Waals surface area contributed by atoms with Crippen molar-refractivity contribution in [3.8, 4) is 11.5 Å². The van der Waals surface area contributed by atoms with Crippen LogP contribution in [0.25, 0.3) is 0 Å². The van der Waals surface area contributed by atoms with Gasteiger partial charge in [0.2, 0.25) is 6.79 Å². The predicted octanol–water partition coefficient (Wildman–Crippen LogP) is 3.08. The summed E-state index contributed by atoms with van der Waals surface area (Å²) < 4.78 is 11.5. The molecule has 28 heavy (non-hydrogen) atoms. The van der Waals surface area contributed by atoms with E-state index < -0.39 is 11.9 Å². The van der Waals surface area contributed by atoms with Crippen LogP contribution in [0, 0.1) is 5.92 Å². The molecule has 1 atom stereocenters. The highest BCUT2D eigenvalue weighted by atomic mass is 79.9. The van der Waals surface area contributed by atoms with E-state index in [1.165, 1.54) is 0 Å². The lowest BCUT2D eigenvalue weighted by molar-refractivity contribution is -0.123. The Bertz CT molecular complexity index is 897. The van der Waals surface area contributed by atoms with Gasteiger partial charge in [-0.1, -0.05) is 41.9 Å². The van der Waals surface area contributed by atoms with Gasteiger partial charge in [-0.3, -0.25) is 9.59 Å². The molecule has 8 heteroatoms. The molecule has 1 aliphatic rings. The summed E-state index contributed by atoms with van der Waals surface area (Å²) in [5, 5.41) is 6.73. The Balaban J connectivity index is 1.62. The SMILES string of the molecule is CC(C)C(NC(=O)c1ccc2c(c1)OCO2)C(=O)N/N=C\c1ccc(Br)cc1. The molecule has 1 aliphatic heterocycles. The van der Waals surface area contributed by atoms with E-state index in [9.17, 15) is 9.59 Å². The molecule has 0 aromatic heterocycles. The van der Waals surface area contributed by atoms with E-state index in [4.69, 9.17) is 9.47 Å². The number of carbonyl (C=O) groups excluding carboxylic acids is 2. The fourth-order valence-corrected chi connectivity index (χ4v) is 2.85. The first-order chi connectivity index (χ1) is 13.4. The minimum atomic E-state index is -0.736. The van der Waals surface area contributed by atoms with Crippen molar-refractivity contribution in [1.82, 2.24) is 10.7 Å². The van der Waals surface area contributed by atoms with Crippen molar-refractivity contribution >= 4 is 34.0 Å². The molecule has 3 rings (SSSR count). The third-order valence-corrected chi connectivity index (χ3v) is 4.66. The van der Waals surface area contributed by atoms with Crippen molar-refractivity contribution in [2.45, 2.75) is 19.9 Å². The van der Waals surface area contributed by atoms with E-state index in [-0.39, 0.29) is 18.6 Å². The van der Waals surface area contributed by atoms with E-state index in [0.29, 0.717) is 17.1 Å². The first kappa shape index (κ1) is 19.9. The maximum atomic E-state index is 12.6. The number of ether oxygens (including phenoxy) is 2. The van der Waals surface area contributed by atoms with Crippen LogP contribution >= 0.6 is 15.9 Å². The van der Waals surface area contributed by atoms with E-state index in [1.54, 1.807) is 24.4 Å². The molecule has 0 fully saturated rings. The van der Waals surface area contributed by atoms with Crippen molar-refractivity contribution < 1.29 is 19.1 Å². The van der Waals surface area contributed by atoms with Crippen molar-refractivity contribution in [3.05, 3.63) is 58.1 Å². The monoisotopic (exact) mass is 445 g/mol. The number of hydrogen-bond acceptors (Lipinski definition) is 5. The van der Waals surface area contributed by atoms with Crippen LogP contribution in [0.15, 0.2) is 52.0 Å². The highest BCUT2D eigenvalue weighted by molar-refractivity contribution is 9.10. The van der Waals surface area contributed by atoms with Crippen LogP contribution in [0.3, 0.4) is 0 Å². The van der Waals surface area contributed by atoms with Crippen molar-refractivity contribution in [1.29, 1.82) is 0 Å². The van der Waals surface area contributed by atoms with Gasteiger partial charge in [0.15, 0.2) is 11.5 Å². The van der Waals surface area contributed by atoms with Gasteiger partial charge in [-0.05, 0) is 41.8 Å². The van der Waals surface area contributed by atoms with Gasteiger partial charge in [0.25, 0.3) is 11.8 Å². The Morgan fingerprint density at radius 3 is 2.54 bits per heavy atom. The summed E-state index contributed by atoms with van der Waals surface area (Å²) in [6, 6.07) is 11.6. The zero-order chi connectivity index (χ0) is 20.1. The molecule has 2 N–H and O–H groups in total. The van der Waals surface area contributed by atoms with Crippen molar-refractivity contribution in [3.63, 3.8) is 0 Å². The molecular weight excluding hydrogens is 426 g/mol. The molecule has 2 aromatic carbocycles. The van der Waals surface area contributed by atoms with E-state index in [0.717, 1.165) is 10.0 Å². The zero-order valence-electron chi connectivity index (χ0n) is 15.4. The summed E-state index contributed by atoms with van der Waals surface area (Å²) in [5.74, 6) is 0.219. The average Bonchev–Trinajstić information content (AvgIpc) is 3.14. The molecule has 1 heterocycles. The molecule has 0 saturated heterocycles. The number of amides is 2. The summed E-state index contributed by atoms with van der Waals surface area (Å²) in [5.41, 5.74) is 3.72. The molecular formula is C20H20BrN3O4. The highest BCUT2D eigenvalue weighted by Gasteiger charge is 2.25. The van der Waals surface area contributed by atoms with Crippen LogP contribution < -0.4 is 20.2 Å². The lowest BCUT2D eigenvalue weighted by Gasteiger charge is -2.20. The van der Waals surface area contributed by atoms with Crippen LogP contribution in [-0.4, -0.2) is 30.9 Å². The maximum absolute atomic E-state index is 12.6. The third-order valence-electron chi connectivity index (χ3n) is 4.13. The second-order valence-electron chi connectivity index (χ2n) is 6.55. The number of nitrogens with one attached hydrogen (secondary N) is 2. The lowest BCUT2D eigenvalue weighted by atomic mass is 10.0. The Kier molecular flexibility index (Phi) is 6.30. The van der Waals surface area contributed by atoms with Crippen LogP contribution in [0.1, 0.15) is 29.8 Å². The molecule has 1 unspecified atom stereocenters. The van der Waals surface area contributed by atoms with Gasteiger partial charge in [0, 0.05) is 10.0 Å². The van der Waals surface area contributed by atoms with Gasteiger partial charge in [-0.2, -0.15) is 5.10 Å². The Hall–Kier alpha value is -2.87. The summed E-state index contributed by atoms with van der Waals surface area (Å²) in [6.07, 6.45) is 1.54. The third kappa shape index (κ3) is 4.89. The fourth-order valence-electron chi connectivity index (χ4n) is 2.59. The maximum Gasteiger partial charge on any atom is 0.262 e. The zero-order valence-corrected chi connectivity index (χ0v) is 17.0. The van der Waals surface area contributed by atoms with Gasteiger partial charge in [0.1, 0.15) is 6.04 Å². The van der Waals surface area contributed by atoms with Crippen LogP contribution in [0.5, 0.6) is 11.5 Å². The molecule has 0 spiro atoms. The van der Waals surface area contributed by atoms with Crippen LogP contribution in [0.4, 0.5) is 0 Å².